The molecule has 0 atom stereocenters. The van der Waals surface area contributed by atoms with Crippen molar-refractivity contribution in [1.29, 1.82) is 0 Å². The molecule has 2 N–H and O–H groups in total. The lowest BCUT2D eigenvalue weighted by Gasteiger charge is -2.25. The zero-order valence-electron chi connectivity index (χ0n) is 18.1. The Bertz CT molecular complexity index is 731. The van der Waals surface area contributed by atoms with Crippen LogP contribution in [0.3, 0.4) is 0 Å². The zero-order valence-corrected chi connectivity index (χ0v) is 18.1. The lowest BCUT2D eigenvalue weighted by atomic mass is 9.91. The quantitative estimate of drug-likeness (QED) is 0.698. The van der Waals surface area contributed by atoms with Crippen LogP contribution in [0.1, 0.15) is 118 Å². The van der Waals surface area contributed by atoms with Crippen molar-refractivity contribution >= 4 is 11.9 Å². The third-order valence-corrected chi connectivity index (χ3v) is 7.12. The average Bonchev–Trinajstić information content (AvgIpc) is 3.14. The Balaban J connectivity index is 1.36. The molecule has 0 unspecified atom stereocenters. The minimum absolute atomic E-state index is 0.00484. The van der Waals surface area contributed by atoms with Crippen LogP contribution in [0.15, 0.2) is 0 Å². The summed E-state index contributed by atoms with van der Waals surface area (Å²) in [4.78, 5) is 30.4. The number of nitrogens with zero attached hydrogens (tertiary/aromatic N) is 2. The largest absolute Gasteiger partial charge is 0.379 e. The fraction of sp³-hybridized carbons (Fsp3) is 0.783. The average molecular weight is 417 g/mol. The minimum atomic E-state index is -0.499. The molecule has 1 amide bonds. The standard InChI is InChI=1S/C23H36N4O3/c28-22(17-11-5-2-1-3-6-12-17)24-26-30-23(29)21-19-15-9-10-16-20(19)27(25-21)18-13-7-4-8-14-18/h17-18,26H,1-16H2,(H,24,28). The van der Waals surface area contributed by atoms with Gasteiger partial charge < -0.3 is 4.84 Å². The van der Waals surface area contributed by atoms with Gasteiger partial charge in [0.2, 0.25) is 5.91 Å². The summed E-state index contributed by atoms with van der Waals surface area (Å²) in [6.45, 7) is 0. The fourth-order valence-electron chi connectivity index (χ4n) is 5.41. The van der Waals surface area contributed by atoms with Crippen LogP contribution in [-0.2, 0) is 22.5 Å². The number of amides is 1. The highest BCUT2D eigenvalue weighted by atomic mass is 16.7. The van der Waals surface area contributed by atoms with Crippen molar-refractivity contribution in [2.45, 2.75) is 109 Å². The van der Waals surface area contributed by atoms with E-state index in [1.165, 1.54) is 44.2 Å². The van der Waals surface area contributed by atoms with Gasteiger partial charge in [0.05, 0.1) is 6.04 Å². The van der Waals surface area contributed by atoms with E-state index in [2.05, 4.69) is 15.7 Å². The van der Waals surface area contributed by atoms with E-state index in [0.717, 1.165) is 69.8 Å². The first-order valence-corrected chi connectivity index (χ1v) is 12.1. The number of carbonyl (C=O) groups excluding carboxylic acids is 2. The van der Waals surface area contributed by atoms with Crippen molar-refractivity contribution in [1.82, 2.24) is 20.8 Å². The van der Waals surface area contributed by atoms with Gasteiger partial charge in [0.15, 0.2) is 5.69 Å². The fourth-order valence-corrected chi connectivity index (χ4v) is 5.41. The number of hydrogen-bond acceptors (Lipinski definition) is 5. The first kappa shape index (κ1) is 21.3. The molecule has 2 fully saturated rings. The van der Waals surface area contributed by atoms with E-state index >= 15 is 0 Å². The summed E-state index contributed by atoms with van der Waals surface area (Å²) in [5.41, 5.74) is 7.69. The number of aromatic nitrogens is 2. The van der Waals surface area contributed by atoms with Gasteiger partial charge in [-0.25, -0.2) is 4.79 Å². The van der Waals surface area contributed by atoms with Gasteiger partial charge in [0.1, 0.15) is 0 Å². The van der Waals surface area contributed by atoms with E-state index in [0.29, 0.717) is 11.7 Å². The number of nitrogens with one attached hydrogen (secondary N) is 2. The molecule has 0 aromatic carbocycles. The van der Waals surface area contributed by atoms with Gasteiger partial charge in [0.25, 0.3) is 0 Å². The van der Waals surface area contributed by atoms with Crippen LogP contribution >= 0.6 is 0 Å². The van der Waals surface area contributed by atoms with Crippen molar-refractivity contribution in [3.63, 3.8) is 0 Å². The second-order valence-corrected chi connectivity index (χ2v) is 9.24. The first-order valence-electron chi connectivity index (χ1n) is 12.1. The summed E-state index contributed by atoms with van der Waals surface area (Å²) in [6.07, 6.45) is 17.7. The maximum atomic E-state index is 12.8. The van der Waals surface area contributed by atoms with Crippen molar-refractivity contribution in [2.75, 3.05) is 0 Å². The molecule has 0 bridgehead atoms. The number of carbonyl (C=O) groups is 2. The summed E-state index contributed by atoms with van der Waals surface area (Å²) in [7, 11) is 0. The van der Waals surface area contributed by atoms with Crippen LogP contribution in [0, 0.1) is 5.92 Å². The Kier molecular flexibility index (Phi) is 7.42. The van der Waals surface area contributed by atoms with E-state index in [1.807, 2.05) is 0 Å². The summed E-state index contributed by atoms with van der Waals surface area (Å²) >= 11 is 0. The van der Waals surface area contributed by atoms with E-state index < -0.39 is 5.97 Å². The summed E-state index contributed by atoms with van der Waals surface area (Å²) in [6, 6.07) is 0.402. The molecule has 4 rings (SSSR count). The second kappa shape index (κ2) is 10.4. The van der Waals surface area contributed by atoms with Crippen LogP contribution in [-0.4, -0.2) is 21.7 Å². The topological polar surface area (TPSA) is 85.2 Å². The third-order valence-electron chi connectivity index (χ3n) is 7.12. The maximum Gasteiger partial charge on any atom is 0.379 e. The first-order chi connectivity index (χ1) is 14.7. The molecule has 0 saturated heterocycles. The molecule has 7 heteroatoms. The van der Waals surface area contributed by atoms with Gasteiger partial charge in [-0.1, -0.05) is 57.0 Å². The Morgan fingerprint density at radius 1 is 0.833 bits per heavy atom. The Morgan fingerprint density at radius 3 is 2.23 bits per heavy atom. The second-order valence-electron chi connectivity index (χ2n) is 9.24. The minimum Gasteiger partial charge on any atom is -0.345 e. The molecule has 0 aliphatic heterocycles. The van der Waals surface area contributed by atoms with Crippen molar-refractivity contribution in [3.8, 4) is 0 Å². The number of fused-ring (bicyclic) bond motifs is 1. The van der Waals surface area contributed by atoms with Gasteiger partial charge in [0, 0.05) is 17.2 Å². The van der Waals surface area contributed by atoms with Crippen molar-refractivity contribution in [3.05, 3.63) is 17.0 Å². The molecular formula is C23H36N4O3. The van der Waals surface area contributed by atoms with E-state index in [4.69, 9.17) is 9.94 Å². The Hall–Kier alpha value is -1.89. The monoisotopic (exact) mass is 416 g/mol. The van der Waals surface area contributed by atoms with E-state index in [-0.39, 0.29) is 11.8 Å². The Labute approximate surface area is 179 Å². The van der Waals surface area contributed by atoms with Gasteiger partial charge in [-0.15, -0.1) is 0 Å². The van der Waals surface area contributed by atoms with Crippen molar-refractivity contribution in [2.24, 2.45) is 5.92 Å². The summed E-state index contributed by atoms with van der Waals surface area (Å²) < 4.78 is 2.12. The molecule has 166 valence electrons. The van der Waals surface area contributed by atoms with Gasteiger partial charge in [-0.3, -0.25) is 14.9 Å². The van der Waals surface area contributed by atoms with Crippen LogP contribution in [0.5, 0.6) is 0 Å². The number of rotatable bonds is 5. The molecule has 1 aromatic heterocycles. The van der Waals surface area contributed by atoms with Gasteiger partial charge in [-0.05, 0) is 51.4 Å². The van der Waals surface area contributed by atoms with Crippen LogP contribution < -0.4 is 11.0 Å². The molecule has 1 aromatic rings. The van der Waals surface area contributed by atoms with E-state index in [9.17, 15) is 9.59 Å². The SMILES string of the molecule is O=C(ONNC(=O)C1CCCCCCC1)c1nn(C2CCCCC2)c2c1CCCC2. The summed E-state index contributed by atoms with van der Waals surface area (Å²) in [5, 5.41) is 4.72. The van der Waals surface area contributed by atoms with Crippen LogP contribution in [0.4, 0.5) is 0 Å². The highest BCUT2D eigenvalue weighted by Gasteiger charge is 2.29. The highest BCUT2D eigenvalue weighted by molar-refractivity contribution is 5.89. The molecule has 1 heterocycles. The number of hydrazine groups is 1. The molecule has 0 radical (unpaired) electrons. The van der Waals surface area contributed by atoms with Crippen LogP contribution in [0.25, 0.3) is 0 Å². The predicted octanol–water partition coefficient (Wildman–Crippen LogP) is 4.32. The molecule has 7 nitrogen and oxygen atoms in total. The summed E-state index contributed by atoms with van der Waals surface area (Å²) in [5.74, 6) is -0.588. The molecule has 3 aliphatic rings. The molecule has 2 saturated carbocycles. The Morgan fingerprint density at radius 2 is 1.47 bits per heavy atom. The lowest BCUT2D eigenvalue weighted by Crippen LogP contribution is -2.42. The molecule has 30 heavy (non-hydrogen) atoms. The number of hydrogen-bond donors (Lipinski definition) is 2. The van der Waals surface area contributed by atoms with Gasteiger partial charge in [-0.2, -0.15) is 5.10 Å². The smallest absolute Gasteiger partial charge is 0.345 e. The van der Waals surface area contributed by atoms with Gasteiger partial charge >= 0.3 is 5.97 Å². The molecule has 0 spiro atoms. The third kappa shape index (κ3) is 5.05. The highest BCUT2D eigenvalue weighted by Crippen LogP contribution is 2.33. The normalized spacial score (nSPS) is 21.3. The van der Waals surface area contributed by atoms with Crippen molar-refractivity contribution < 1.29 is 14.4 Å². The zero-order chi connectivity index (χ0) is 20.8. The predicted molar refractivity (Wildman–Crippen MR) is 113 cm³/mol. The maximum absolute atomic E-state index is 12.8. The van der Waals surface area contributed by atoms with E-state index in [1.54, 1.807) is 0 Å². The molecular weight excluding hydrogens is 380 g/mol. The lowest BCUT2D eigenvalue weighted by molar-refractivity contribution is -0.129. The van der Waals surface area contributed by atoms with Crippen LogP contribution in [0.2, 0.25) is 0 Å². The molecule has 3 aliphatic carbocycles.